The maximum atomic E-state index is 3.81. The van der Waals surface area contributed by atoms with Crippen molar-refractivity contribution in [1.29, 1.82) is 0 Å². The minimum atomic E-state index is 0.776. The molecule has 0 bridgehead atoms. The van der Waals surface area contributed by atoms with E-state index in [0.29, 0.717) is 0 Å². The molecule has 1 saturated carbocycles. The Morgan fingerprint density at radius 3 is 2.85 bits per heavy atom. The van der Waals surface area contributed by atoms with E-state index in [1.165, 1.54) is 24.0 Å². The lowest BCUT2D eigenvalue weighted by atomic mass is 10.1. The molecule has 0 aliphatic heterocycles. The second-order valence-electron chi connectivity index (χ2n) is 3.56. The Kier molecular flexibility index (Phi) is 2.46. The fourth-order valence-electron chi connectivity index (χ4n) is 1.44. The number of hydrogen-bond donors (Lipinski definition) is 1. The lowest BCUT2D eigenvalue weighted by Gasteiger charge is -2.06. The van der Waals surface area contributed by atoms with Crippen molar-refractivity contribution in [2.45, 2.75) is 25.4 Å². The minimum Gasteiger partial charge on any atom is -0.310 e. The van der Waals surface area contributed by atoms with Gasteiger partial charge in [-0.05, 0) is 24.0 Å². The van der Waals surface area contributed by atoms with Gasteiger partial charge in [0.05, 0.1) is 0 Å². The van der Waals surface area contributed by atoms with Crippen molar-refractivity contribution in [2.24, 2.45) is 0 Å². The second kappa shape index (κ2) is 3.75. The summed E-state index contributed by atoms with van der Waals surface area (Å²) in [6, 6.07) is 9.18. The van der Waals surface area contributed by atoms with E-state index in [-0.39, 0.29) is 0 Å². The predicted octanol–water partition coefficient (Wildman–Crippen LogP) is 2.58. The van der Waals surface area contributed by atoms with Crippen molar-refractivity contribution in [1.82, 2.24) is 5.32 Å². The van der Waals surface area contributed by atoms with Crippen LogP contribution in [0.2, 0.25) is 0 Å². The summed E-state index contributed by atoms with van der Waals surface area (Å²) in [5.74, 6) is 0. The summed E-state index contributed by atoms with van der Waals surface area (Å²) in [6.45, 7) is 4.79. The average Bonchev–Trinajstić information content (AvgIpc) is 2.99. The summed E-state index contributed by atoms with van der Waals surface area (Å²) in [5.41, 5.74) is 2.60. The van der Waals surface area contributed by atoms with Crippen LogP contribution in [0.25, 0.3) is 6.08 Å². The van der Waals surface area contributed by atoms with E-state index in [1.807, 2.05) is 6.08 Å². The Morgan fingerprint density at radius 2 is 2.15 bits per heavy atom. The maximum absolute atomic E-state index is 3.81. The van der Waals surface area contributed by atoms with Crippen LogP contribution in [0.3, 0.4) is 0 Å². The first-order valence-electron chi connectivity index (χ1n) is 4.84. The van der Waals surface area contributed by atoms with Crippen LogP contribution in [0.5, 0.6) is 0 Å². The number of nitrogens with one attached hydrogen (secondary N) is 1. The Bertz CT molecular complexity index is 300. The van der Waals surface area contributed by atoms with Gasteiger partial charge in [-0.1, -0.05) is 36.9 Å². The number of benzene rings is 1. The zero-order valence-electron chi connectivity index (χ0n) is 7.79. The fraction of sp³-hybridized carbons (Fsp3) is 0.333. The SMILES string of the molecule is C=Cc1ccccc1CNC1CC1. The molecule has 0 heterocycles. The highest BCUT2D eigenvalue weighted by Crippen LogP contribution is 2.20. The van der Waals surface area contributed by atoms with Crippen molar-refractivity contribution >= 4 is 6.08 Å². The first-order valence-corrected chi connectivity index (χ1v) is 4.84. The summed E-state index contributed by atoms with van der Waals surface area (Å²) in [7, 11) is 0. The van der Waals surface area contributed by atoms with Gasteiger partial charge in [-0.3, -0.25) is 0 Å². The van der Waals surface area contributed by atoms with Crippen LogP contribution in [-0.2, 0) is 6.54 Å². The normalized spacial score (nSPS) is 15.7. The molecule has 0 radical (unpaired) electrons. The first kappa shape index (κ1) is 8.52. The van der Waals surface area contributed by atoms with Crippen LogP contribution >= 0.6 is 0 Å². The van der Waals surface area contributed by atoms with Crippen LogP contribution in [0, 0.1) is 0 Å². The molecule has 1 heteroatoms. The summed E-state index contributed by atoms with van der Waals surface area (Å²) < 4.78 is 0. The van der Waals surface area contributed by atoms with Gasteiger partial charge >= 0.3 is 0 Å². The molecule has 0 atom stereocenters. The van der Waals surface area contributed by atoms with E-state index in [1.54, 1.807) is 0 Å². The van der Waals surface area contributed by atoms with Crippen molar-refractivity contribution < 1.29 is 0 Å². The van der Waals surface area contributed by atoms with E-state index in [0.717, 1.165) is 12.6 Å². The number of rotatable bonds is 4. The lowest BCUT2D eigenvalue weighted by Crippen LogP contribution is -2.15. The molecule has 1 fully saturated rings. The zero-order valence-corrected chi connectivity index (χ0v) is 7.79. The van der Waals surface area contributed by atoms with E-state index in [2.05, 4.69) is 36.2 Å². The standard InChI is InChI=1S/C12H15N/c1-2-10-5-3-4-6-11(10)9-13-12-7-8-12/h2-6,12-13H,1,7-9H2. The van der Waals surface area contributed by atoms with Gasteiger partial charge in [0.15, 0.2) is 0 Å². The molecule has 1 aromatic carbocycles. The van der Waals surface area contributed by atoms with E-state index >= 15 is 0 Å². The maximum Gasteiger partial charge on any atom is 0.0214 e. The topological polar surface area (TPSA) is 12.0 Å². The smallest absolute Gasteiger partial charge is 0.0214 e. The largest absolute Gasteiger partial charge is 0.310 e. The van der Waals surface area contributed by atoms with E-state index < -0.39 is 0 Å². The molecule has 0 aromatic heterocycles. The molecule has 1 aliphatic carbocycles. The van der Waals surface area contributed by atoms with Gasteiger partial charge in [-0.25, -0.2) is 0 Å². The summed E-state index contributed by atoms with van der Waals surface area (Å²) in [5, 5.41) is 3.50. The number of hydrogen-bond acceptors (Lipinski definition) is 1. The molecule has 0 unspecified atom stereocenters. The summed E-state index contributed by atoms with van der Waals surface area (Å²) in [6.07, 6.45) is 4.61. The van der Waals surface area contributed by atoms with Gasteiger partial charge in [-0.15, -0.1) is 0 Å². The van der Waals surface area contributed by atoms with Gasteiger partial charge in [0.2, 0.25) is 0 Å². The Labute approximate surface area is 79.5 Å². The van der Waals surface area contributed by atoms with Gasteiger partial charge in [0, 0.05) is 12.6 Å². The van der Waals surface area contributed by atoms with Gasteiger partial charge in [0.1, 0.15) is 0 Å². The van der Waals surface area contributed by atoms with E-state index in [9.17, 15) is 0 Å². The molecule has 2 rings (SSSR count). The highest BCUT2D eigenvalue weighted by molar-refractivity contribution is 5.51. The highest BCUT2D eigenvalue weighted by Gasteiger charge is 2.19. The molecule has 0 saturated heterocycles. The molecule has 68 valence electrons. The van der Waals surface area contributed by atoms with Crippen LogP contribution in [-0.4, -0.2) is 6.04 Å². The van der Waals surface area contributed by atoms with E-state index in [4.69, 9.17) is 0 Å². The quantitative estimate of drug-likeness (QED) is 0.738. The Morgan fingerprint density at radius 1 is 1.38 bits per heavy atom. The van der Waals surface area contributed by atoms with Gasteiger partial charge < -0.3 is 5.32 Å². The highest BCUT2D eigenvalue weighted by atomic mass is 14.9. The van der Waals surface area contributed by atoms with Crippen molar-refractivity contribution in [3.8, 4) is 0 Å². The monoisotopic (exact) mass is 173 g/mol. The van der Waals surface area contributed by atoms with Crippen molar-refractivity contribution in [3.63, 3.8) is 0 Å². The van der Waals surface area contributed by atoms with Crippen molar-refractivity contribution in [3.05, 3.63) is 42.0 Å². The molecule has 13 heavy (non-hydrogen) atoms. The molecule has 1 nitrogen and oxygen atoms in total. The van der Waals surface area contributed by atoms with Crippen molar-refractivity contribution in [2.75, 3.05) is 0 Å². The molecule has 0 spiro atoms. The summed E-state index contributed by atoms with van der Waals surface area (Å²) >= 11 is 0. The first-order chi connectivity index (χ1) is 6.40. The van der Waals surface area contributed by atoms with Crippen LogP contribution < -0.4 is 5.32 Å². The molecule has 1 aromatic rings. The second-order valence-corrected chi connectivity index (χ2v) is 3.56. The molecule has 0 amide bonds. The minimum absolute atomic E-state index is 0.776. The molecular formula is C12H15N. The van der Waals surface area contributed by atoms with Gasteiger partial charge in [-0.2, -0.15) is 0 Å². The Balaban J connectivity index is 2.03. The van der Waals surface area contributed by atoms with Crippen LogP contribution in [0.15, 0.2) is 30.8 Å². The van der Waals surface area contributed by atoms with Crippen LogP contribution in [0.4, 0.5) is 0 Å². The Hall–Kier alpha value is -1.08. The molecule has 1 aliphatic rings. The van der Waals surface area contributed by atoms with Gasteiger partial charge in [0.25, 0.3) is 0 Å². The van der Waals surface area contributed by atoms with Crippen LogP contribution in [0.1, 0.15) is 24.0 Å². The summed E-state index contributed by atoms with van der Waals surface area (Å²) in [4.78, 5) is 0. The molecular weight excluding hydrogens is 158 g/mol. The predicted molar refractivity (Wildman–Crippen MR) is 56.4 cm³/mol. The average molecular weight is 173 g/mol. The third-order valence-corrected chi connectivity index (χ3v) is 2.43. The fourth-order valence-corrected chi connectivity index (χ4v) is 1.44. The zero-order chi connectivity index (χ0) is 9.10. The third kappa shape index (κ3) is 2.19. The molecule has 1 N–H and O–H groups in total. The lowest BCUT2D eigenvalue weighted by molar-refractivity contribution is 0.687. The third-order valence-electron chi connectivity index (χ3n) is 2.43.